The van der Waals surface area contributed by atoms with Gasteiger partial charge in [0, 0.05) is 17.6 Å². The lowest BCUT2D eigenvalue weighted by atomic mass is 10.4. The summed E-state index contributed by atoms with van der Waals surface area (Å²) in [7, 11) is -3.90. The maximum atomic E-state index is 13.0. The zero-order chi connectivity index (χ0) is 17.9. The van der Waals surface area contributed by atoms with Gasteiger partial charge in [0.05, 0.1) is 23.1 Å². The fourth-order valence-electron chi connectivity index (χ4n) is 2.25. The van der Waals surface area contributed by atoms with Crippen molar-refractivity contribution < 1.29 is 17.9 Å². The first-order valence-corrected chi connectivity index (χ1v) is 10.5. The molecule has 0 atom stereocenters. The fraction of sp³-hybridized carbons (Fsp3) is 0.533. The molecule has 0 saturated heterocycles. The molecule has 1 fully saturated rings. The molecule has 1 saturated carbocycles. The highest BCUT2D eigenvalue weighted by Crippen LogP contribution is 2.37. The highest BCUT2D eigenvalue weighted by atomic mass is 79.9. The second kappa shape index (κ2) is 8.36. The van der Waals surface area contributed by atoms with E-state index in [0.717, 1.165) is 12.8 Å². The van der Waals surface area contributed by atoms with E-state index in [4.69, 9.17) is 27.9 Å². The Hall–Kier alpha value is -0.340. The van der Waals surface area contributed by atoms with Gasteiger partial charge in [0.15, 0.2) is 0 Å². The summed E-state index contributed by atoms with van der Waals surface area (Å²) in [6.07, 6.45) is 1.95. The van der Waals surface area contributed by atoms with Gasteiger partial charge in [-0.25, -0.2) is 8.42 Å². The van der Waals surface area contributed by atoms with Crippen molar-refractivity contribution in [2.75, 3.05) is 19.7 Å². The maximum Gasteiger partial charge on any atom is 0.307 e. The molecule has 0 spiro atoms. The summed E-state index contributed by atoms with van der Waals surface area (Å²) >= 11 is 15.5. The lowest BCUT2D eigenvalue weighted by molar-refractivity contribution is -0.143. The zero-order valence-electron chi connectivity index (χ0n) is 13.1. The number of nitrogens with zero attached hydrogens (tertiary/aromatic N) is 1. The van der Waals surface area contributed by atoms with Gasteiger partial charge in [0.1, 0.15) is 4.90 Å². The molecule has 5 nitrogen and oxygen atoms in total. The second-order valence-corrected chi connectivity index (χ2v) is 9.16. The summed E-state index contributed by atoms with van der Waals surface area (Å²) in [6, 6.07) is 2.97. The van der Waals surface area contributed by atoms with Crippen LogP contribution in [-0.2, 0) is 19.6 Å². The summed E-state index contributed by atoms with van der Waals surface area (Å²) in [5, 5.41) is 0.0950. The molecule has 1 aliphatic carbocycles. The Labute approximate surface area is 160 Å². The van der Waals surface area contributed by atoms with Crippen molar-refractivity contribution in [3.63, 3.8) is 0 Å². The SMILES string of the molecule is CCOC(=O)CCN(CC1CC1)S(=O)(=O)c1c(Cl)cc(Br)cc1Cl. The second-order valence-electron chi connectivity index (χ2n) is 5.56. The Morgan fingerprint density at radius 1 is 1.33 bits per heavy atom. The molecule has 9 heteroatoms. The average Bonchev–Trinajstić information content (AvgIpc) is 3.26. The van der Waals surface area contributed by atoms with Crippen molar-refractivity contribution in [2.45, 2.75) is 31.1 Å². The Bertz CT molecular complexity index is 699. The molecule has 1 aromatic carbocycles. The molecule has 134 valence electrons. The first-order valence-electron chi connectivity index (χ1n) is 7.56. The molecule has 2 rings (SSSR count). The molecule has 24 heavy (non-hydrogen) atoms. The van der Waals surface area contributed by atoms with Gasteiger partial charge in [-0.15, -0.1) is 0 Å². The number of esters is 1. The van der Waals surface area contributed by atoms with E-state index in [1.807, 2.05) is 0 Å². The van der Waals surface area contributed by atoms with Crippen LogP contribution in [0, 0.1) is 5.92 Å². The van der Waals surface area contributed by atoms with E-state index in [0.29, 0.717) is 16.9 Å². The smallest absolute Gasteiger partial charge is 0.307 e. The normalized spacial score (nSPS) is 14.9. The van der Waals surface area contributed by atoms with E-state index in [-0.39, 0.29) is 34.5 Å². The van der Waals surface area contributed by atoms with E-state index >= 15 is 0 Å². The Morgan fingerprint density at radius 2 is 1.92 bits per heavy atom. The summed E-state index contributed by atoms with van der Waals surface area (Å²) in [4.78, 5) is 11.5. The molecule has 0 bridgehead atoms. The van der Waals surface area contributed by atoms with E-state index in [2.05, 4.69) is 15.9 Å². The van der Waals surface area contributed by atoms with Gasteiger partial charge >= 0.3 is 5.97 Å². The van der Waals surface area contributed by atoms with Crippen LogP contribution >= 0.6 is 39.1 Å². The van der Waals surface area contributed by atoms with Crippen LogP contribution in [0.25, 0.3) is 0 Å². The van der Waals surface area contributed by atoms with Gasteiger partial charge in [0.25, 0.3) is 0 Å². The predicted octanol–water partition coefficient (Wildman–Crippen LogP) is 4.11. The molecule has 0 heterocycles. The standard InChI is InChI=1S/C15H18BrCl2NO4S/c1-2-23-14(20)5-6-19(9-10-3-4-10)24(21,22)15-12(17)7-11(16)8-13(15)18/h7-8,10H,2-6,9H2,1H3. The largest absolute Gasteiger partial charge is 0.466 e. The first-order chi connectivity index (χ1) is 11.3. The molecule has 0 amide bonds. The minimum atomic E-state index is -3.90. The van der Waals surface area contributed by atoms with Crippen molar-refractivity contribution in [1.29, 1.82) is 0 Å². The molecule has 0 aliphatic heterocycles. The third-order valence-electron chi connectivity index (χ3n) is 3.59. The average molecular weight is 459 g/mol. The Kier molecular flexibility index (Phi) is 6.96. The van der Waals surface area contributed by atoms with Crippen molar-refractivity contribution in [1.82, 2.24) is 4.31 Å². The molecule has 1 aliphatic rings. The minimum absolute atomic E-state index is 0.00838. The fourth-order valence-corrected chi connectivity index (χ4v) is 5.65. The highest BCUT2D eigenvalue weighted by Gasteiger charge is 2.34. The Morgan fingerprint density at radius 3 is 2.42 bits per heavy atom. The van der Waals surface area contributed by atoms with Gasteiger partial charge in [-0.1, -0.05) is 39.1 Å². The summed E-state index contributed by atoms with van der Waals surface area (Å²) in [5.41, 5.74) is 0. The minimum Gasteiger partial charge on any atom is -0.466 e. The third-order valence-corrected chi connectivity index (χ3v) is 6.84. The molecule has 0 radical (unpaired) electrons. The molecule has 1 aromatic rings. The molecular weight excluding hydrogens is 441 g/mol. The number of rotatable bonds is 8. The topological polar surface area (TPSA) is 63.7 Å². The van der Waals surface area contributed by atoms with Gasteiger partial charge in [-0.05, 0) is 37.8 Å². The van der Waals surface area contributed by atoms with E-state index < -0.39 is 16.0 Å². The lowest BCUT2D eigenvalue weighted by Gasteiger charge is -2.23. The summed E-state index contributed by atoms with van der Waals surface area (Å²) in [5.74, 6) is -0.114. The van der Waals surface area contributed by atoms with Crippen LogP contribution < -0.4 is 0 Å². The van der Waals surface area contributed by atoms with Crippen LogP contribution in [0.15, 0.2) is 21.5 Å². The van der Waals surface area contributed by atoms with Crippen LogP contribution in [0.1, 0.15) is 26.2 Å². The van der Waals surface area contributed by atoms with E-state index in [1.54, 1.807) is 6.92 Å². The van der Waals surface area contributed by atoms with Crippen LogP contribution in [0.5, 0.6) is 0 Å². The van der Waals surface area contributed by atoms with E-state index in [9.17, 15) is 13.2 Å². The van der Waals surface area contributed by atoms with Gasteiger partial charge in [-0.2, -0.15) is 4.31 Å². The van der Waals surface area contributed by atoms with Crippen molar-refractivity contribution in [3.8, 4) is 0 Å². The van der Waals surface area contributed by atoms with Crippen LogP contribution in [0.4, 0.5) is 0 Å². The van der Waals surface area contributed by atoms with Gasteiger partial charge in [-0.3, -0.25) is 4.79 Å². The number of carbonyl (C=O) groups excluding carboxylic acids is 1. The predicted molar refractivity (Wildman–Crippen MR) is 96.9 cm³/mol. The third kappa shape index (κ3) is 5.08. The van der Waals surface area contributed by atoms with Gasteiger partial charge < -0.3 is 4.74 Å². The van der Waals surface area contributed by atoms with Crippen molar-refractivity contribution in [3.05, 3.63) is 26.7 Å². The number of carbonyl (C=O) groups is 1. The van der Waals surface area contributed by atoms with Crippen LogP contribution in [0.2, 0.25) is 10.0 Å². The lowest BCUT2D eigenvalue weighted by Crippen LogP contribution is -2.35. The molecule has 0 aromatic heterocycles. The van der Waals surface area contributed by atoms with Crippen LogP contribution in [-0.4, -0.2) is 38.4 Å². The highest BCUT2D eigenvalue weighted by molar-refractivity contribution is 9.10. The number of ether oxygens (including phenoxy) is 1. The maximum absolute atomic E-state index is 13.0. The number of hydrogen-bond donors (Lipinski definition) is 0. The van der Waals surface area contributed by atoms with Crippen molar-refractivity contribution in [2.24, 2.45) is 5.92 Å². The number of sulfonamides is 1. The molecular formula is C15H18BrCl2NO4S. The zero-order valence-corrected chi connectivity index (χ0v) is 17.0. The van der Waals surface area contributed by atoms with E-state index in [1.165, 1.54) is 16.4 Å². The monoisotopic (exact) mass is 457 g/mol. The Balaban J connectivity index is 2.28. The van der Waals surface area contributed by atoms with Crippen LogP contribution in [0.3, 0.4) is 0 Å². The quantitative estimate of drug-likeness (QED) is 0.550. The first kappa shape index (κ1) is 20.0. The number of hydrogen-bond acceptors (Lipinski definition) is 4. The van der Waals surface area contributed by atoms with Gasteiger partial charge in [0.2, 0.25) is 10.0 Å². The summed E-state index contributed by atoms with van der Waals surface area (Å²) in [6.45, 7) is 2.36. The molecule has 0 unspecified atom stereocenters. The summed E-state index contributed by atoms with van der Waals surface area (Å²) < 4.78 is 32.8. The van der Waals surface area contributed by atoms with Crippen molar-refractivity contribution >= 4 is 55.1 Å². The number of halogens is 3. The molecule has 0 N–H and O–H groups in total. The number of benzene rings is 1.